The highest BCUT2D eigenvalue weighted by molar-refractivity contribution is 5.84. The zero-order valence-electron chi connectivity index (χ0n) is 11.5. The number of nitrogens with zero attached hydrogens (tertiary/aromatic N) is 1. The minimum Gasteiger partial charge on any atom is -0.368 e. The molecular formula is C13H27N3O. The Kier molecular flexibility index (Phi) is 5.40. The summed E-state index contributed by atoms with van der Waals surface area (Å²) in [6.45, 7) is 5.36. The lowest BCUT2D eigenvalue weighted by molar-refractivity contribution is -0.124. The van der Waals surface area contributed by atoms with Crippen LogP contribution < -0.4 is 11.1 Å². The summed E-state index contributed by atoms with van der Waals surface area (Å²) in [7, 11) is 2.11. The Morgan fingerprint density at radius 1 is 1.41 bits per heavy atom. The summed E-state index contributed by atoms with van der Waals surface area (Å²) in [5, 5.41) is 3.21. The Labute approximate surface area is 105 Å². The number of rotatable bonds is 6. The van der Waals surface area contributed by atoms with Gasteiger partial charge >= 0.3 is 0 Å². The quantitative estimate of drug-likeness (QED) is 0.732. The Hall–Kier alpha value is -0.610. The highest BCUT2D eigenvalue weighted by atomic mass is 16.1. The van der Waals surface area contributed by atoms with Crippen LogP contribution >= 0.6 is 0 Å². The molecule has 1 unspecified atom stereocenters. The molecule has 3 N–H and O–H groups in total. The first kappa shape index (κ1) is 14.5. The maximum Gasteiger partial charge on any atom is 0.238 e. The fourth-order valence-electron chi connectivity index (χ4n) is 2.76. The van der Waals surface area contributed by atoms with Crippen LogP contribution in [0.1, 0.15) is 46.0 Å². The summed E-state index contributed by atoms with van der Waals surface area (Å²) in [5.41, 5.74) is 4.90. The van der Waals surface area contributed by atoms with Crippen molar-refractivity contribution in [1.29, 1.82) is 0 Å². The Bertz CT molecular complexity index is 251. The minimum atomic E-state index is -0.610. The van der Waals surface area contributed by atoms with Crippen molar-refractivity contribution in [3.05, 3.63) is 0 Å². The third-order valence-electron chi connectivity index (χ3n) is 3.87. The first-order valence-corrected chi connectivity index (χ1v) is 6.75. The number of hydrogen-bond acceptors (Lipinski definition) is 3. The van der Waals surface area contributed by atoms with Crippen LogP contribution in [0.3, 0.4) is 0 Å². The van der Waals surface area contributed by atoms with Crippen LogP contribution in [0.5, 0.6) is 0 Å². The predicted octanol–water partition coefficient (Wildman–Crippen LogP) is 1.10. The van der Waals surface area contributed by atoms with Crippen LogP contribution in [0.2, 0.25) is 0 Å². The van der Waals surface area contributed by atoms with Gasteiger partial charge < -0.3 is 16.0 Å². The second kappa shape index (κ2) is 6.36. The van der Waals surface area contributed by atoms with Gasteiger partial charge in [0.1, 0.15) is 5.54 Å². The largest absolute Gasteiger partial charge is 0.368 e. The average molecular weight is 241 g/mol. The number of nitrogens with two attached hydrogens (primary N) is 1. The van der Waals surface area contributed by atoms with E-state index >= 15 is 0 Å². The average Bonchev–Trinajstić information content (AvgIpc) is 2.30. The van der Waals surface area contributed by atoms with Gasteiger partial charge in [-0.15, -0.1) is 0 Å². The molecule has 0 spiro atoms. The highest BCUT2D eigenvalue weighted by Crippen LogP contribution is 2.22. The van der Waals surface area contributed by atoms with Crippen molar-refractivity contribution >= 4 is 5.91 Å². The molecule has 0 radical (unpaired) electrons. The van der Waals surface area contributed by atoms with Crippen LogP contribution in [-0.2, 0) is 4.79 Å². The maximum atomic E-state index is 11.6. The molecule has 4 heteroatoms. The number of carbonyl (C=O) groups excluding carboxylic acids is 1. The fraction of sp³-hybridized carbons (Fsp3) is 0.923. The molecule has 1 aliphatic carbocycles. The van der Waals surface area contributed by atoms with Crippen LogP contribution in [0.4, 0.5) is 0 Å². The van der Waals surface area contributed by atoms with Crippen LogP contribution in [0.25, 0.3) is 0 Å². The Balaban J connectivity index is 2.56. The van der Waals surface area contributed by atoms with Crippen molar-refractivity contribution in [2.24, 2.45) is 5.73 Å². The van der Waals surface area contributed by atoms with E-state index in [4.69, 9.17) is 5.73 Å². The second-order valence-corrected chi connectivity index (χ2v) is 5.43. The van der Waals surface area contributed by atoms with Crippen molar-refractivity contribution in [2.45, 2.75) is 57.5 Å². The first-order valence-electron chi connectivity index (χ1n) is 6.75. The second-order valence-electron chi connectivity index (χ2n) is 5.43. The van der Waals surface area contributed by atoms with Crippen molar-refractivity contribution in [3.63, 3.8) is 0 Å². The lowest BCUT2D eigenvalue weighted by Gasteiger charge is -2.37. The normalized spacial score (nSPS) is 21.4. The number of hydrogen-bond donors (Lipinski definition) is 2. The summed E-state index contributed by atoms with van der Waals surface area (Å²) in [5.74, 6) is -0.262. The van der Waals surface area contributed by atoms with Crippen molar-refractivity contribution < 1.29 is 4.79 Å². The van der Waals surface area contributed by atoms with Gasteiger partial charge in [-0.25, -0.2) is 0 Å². The third kappa shape index (κ3) is 3.96. The molecule has 1 fully saturated rings. The summed E-state index contributed by atoms with van der Waals surface area (Å²) in [6, 6.07) is 0.612. The molecule has 1 saturated carbocycles. The predicted molar refractivity (Wildman–Crippen MR) is 70.8 cm³/mol. The number of likely N-dealkylation sites (N-methyl/N-ethyl adjacent to an activating group) is 2. The van der Waals surface area contributed by atoms with Gasteiger partial charge in [-0.3, -0.25) is 4.79 Å². The number of primary amides is 1. The third-order valence-corrected chi connectivity index (χ3v) is 3.87. The van der Waals surface area contributed by atoms with E-state index in [0.29, 0.717) is 12.6 Å². The van der Waals surface area contributed by atoms with Gasteiger partial charge in [0.05, 0.1) is 0 Å². The molecule has 4 nitrogen and oxygen atoms in total. The van der Waals surface area contributed by atoms with E-state index in [1.54, 1.807) is 0 Å². The smallest absolute Gasteiger partial charge is 0.238 e. The number of nitrogens with one attached hydrogen (secondary N) is 1. The minimum absolute atomic E-state index is 0.262. The molecule has 0 bridgehead atoms. The molecule has 0 heterocycles. The SMILES string of the molecule is CCNC(C)(CN(C)C1CCCCC1)C(N)=O. The first-order chi connectivity index (χ1) is 7.99. The molecule has 17 heavy (non-hydrogen) atoms. The molecule has 1 amide bonds. The van der Waals surface area contributed by atoms with E-state index in [9.17, 15) is 4.79 Å². The van der Waals surface area contributed by atoms with Crippen LogP contribution in [-0.4, -0.2) is 42.5 Å². The van der Waals surface area contributed by atoms with Gasteiger partial charge in [-0.05, 0) is 33.4 Å². The molecule has 1 atom stereocenters. The standard InChI is InChI=1S/C13H27N3O/c1-4-15-13(2,12(14)17)10-16(3)11-8-6-5-7-9-11/h11,15H,4-10H2,1-3H3,(H2,14,17). The molecule has 1 aliphatic rings. The Morgan fingerprint density at radius 2 is 2.00 bits per heavy atom. The summed E-state index contributed by atoms with van der Waals surface area (Å²) in [4.78, 5) is 13.9. The van der Waals surface area contributed by atoms with Gasteiger partial charge in [0.2, 0.25) is 5.91 Å². The maximum absolute atomic E-state index is 11.6. The van der Waals surface area contributed by atoms with Gasteiger partial charge in [0, 0.05) is 12.6 Å². The molecule has 0 aliphatic heterocycles. The van der Waals surface area contributed by atoms with Gasteiger partial charge in [-0.1, -0.05) is 26.2 Å². The van der Waals surface area contributed by atoms with Gasteiger partial charge in [0.15, 0.2) is 0 Å². The molecule has 0 aromatic rings. The molecular weight excluding hydrogens is 214 g/mol. The van der Waals surface area contributed by atoms with Crippen molar-refractivity contribution in [2.75, 3.05) is 20.1 Å². The highest BCUT2D eigenvalue weighted by Gasteiger charge is 2.33. The molecule has 0 saturated heterocycles. The molecule has 0 aromatic carbocycles. The van der Waals surface area contributed by atoms with Crippen molar-refractivity contribution in [1.82, 2.24) is 10.2 Å². The van der Waals surface area contributed by atoms with E-state index in [1.807, 2.05) is 13.8 Å². The molecule has 1 rings (SSSR count). The summed E-state index contributed by atoms with van der Waals surface area (Å²) in [6.07, 6.45) is 6.46. The number of amides is 1. The van der Waals surface area contributed by atoms with E-state index in [-0.39, 0.29) is 5.91 Å². The van der Waals surface area contributed by atoms with E-state index in [1.165, 1.54) is 32.1 Å². The topological polar surface area (TPSA) is 58.4 Å². The van der Waals surface area contributed by atoms with Gasteiger partial charge in [0.25, 0.3) is 0 Å². The summed E-state index contributed by atoms with van der Waals surface area (Å²) >= 11 is 0. The molecule has 0 aromatic heterocycles. The molecule has 100 valence electrons. The van der Waals surface area contributed by atoms with Gasteiger partial charge in [-0.2, -0.15) is 0 Å². The fourth-order valence-corrected chi connectivity index (χ4v) is 2.76. The lowest BCUT2D eigenvalue weighted by atomic mass is 9.92. The van der Waals surface area contributed by atoms with E-state index in [2.05, 4.69) is 17.3 Å². The zero-order chi connectivity index (χ0) is 12.9. The van der Waals surface area contributed by atoms with E-state index in [0.717, 1.165) is 6.54 Å². The zero-order valence-corrected chi connectivity index (χ0v) is 11.5. The monoisotopic (exact) mass is 241 g/mol. The van der Waals surface area contributed by atoms with Crippen LogP contribution in [0.15, 0.2) is 0 Å². The Morgan fingerprint density at radius 3 is 2.47 bits per heavy atom. The van der Waals surface area contributed by atoms with E-state index < -0.39 is 5.54 Å². The van der Waals surface area contributed by atoms with Crippen molar-refractivity contribution in [3.8, 4) is 0 Å². The lowest BCUT2D eigenvalue weighted by Crippen LogP contribution is -2.60. The summed E-state index contributed by atoms with van der Waals surface area (Å²) < 4.78 is 0. The number of carbonyl (C=O) groups is 1. The van der Waals surface area contributed by atoms with Crippen LogP contribution in [0, 0.1) is 0 Å².